The van der Waals surface area contributed by atoms with Gasteiger partial charge in [-0.15, -0.1) is 0 Å². The molecule has 0 radical (unpaired) electrons. The van der Waals surface area contributed by atoms with Crippen molar-refractivity contribution < 1.29 is 4.39 Å². The quantitative estimate of drug-likeness (QED) is 0.450. The van der Waals surface area contributed by atoms with Gasteiger partial charge in [-0.3, -0.25) is 9.80 Å². The van der Waals surface area contributed by atoms with E-state index in [1.807, 2.05) is 30.3 Å². The summed E-state index contributed by atoms with van der Waals surface area (Å²) in [4.78, 5) is 5.00. The number of hydrogen-bond donors (Lipinski definition) is 0. The SMILES string of the molecule is CCc1ccc([C@@H]2N(Cc3ccc(F)cc3)CCCN2Cc2ccccc2Cl)cc1. The van der Waals surface area contributed by atoms with Gasteiger partial charge in [0.05, 0.1) is 6.17 Å². The fourth-order valence-corrected chi connectivity index (χ4v) is 4.50. The zero-order chi connectivity index (χ0) is 20.9. The van der Waals surface area contributed by atoms with Crippen LogP contribution in [0.4, 0.5) is 4.39 Å². The Morgan fingerprint density at radius 2 is 1.47 bits per heavy atom. The molecule has 0 saturated carbocycles. The summed E-state index contributed by atoms with van der Waals surface area (Å²) in [6.45, 7) is 5.81. The summed E-state index contributed by atoms with van der Waals surface area (Å²) < 4.78 is 13.4. The molecular formula is C26H28ClFN2. The van der Waals surface area contributed by atoms with Crippen LogP contribution >= 0.6 is 11.6 Å². The summed E-state index contributed by atoms with van der Waals surface area (Å²) in [6.07, 6.45) is 2.29. The topological polar surface area (TPSA) is 6.48 Å². The predicted molar refractivity (Wildman–Crippen MR) is 122 cm³/mol. The Morgan fingerprint density at radius 3 is 2.13 bits per heavy atom. The third-order valence-electron chi connectivity index (χ3n) is 5.90. The molecule has 1 fully saturated rings. The number of rotatable bonds is 6. The molecule has 4 rings (SSSR count). The lowest BCUT2D eigenvalue weighted by Crippen LogP contribution is -2.46. The largest absolute Gasteiger partial charge is 0.280 e. The van der Waals surface area contributed by atoms with Gasteiger partial charge in [0.1, 0.15) is 5.82 Å². The fraction of sp³-hybridized carbons (Fsp3) is 0.308. The molecule has 2 nitrogen and oxygen atoms in total. The van der Waals surface area contributed by atoms with Gasteiger partial charge in [0.15, 0.2) is 0 Å². The highest BCUT2D eigenvalue weighted by atomic mass is 35.5. The van der Waals surface area contributed by atoms with Crippen LogP contribution in [0.3, 0.4) is 0 Å². The van der Waals surface area contributed by atoms with Crippen LogP contribution in [0.2, 0.25) is 5.02 Å². The van der Waals surface area contributed by atoms with E-state index >= 15 is 0 Å². The number of nitrogens with zero attached hydrogens (tertiary/aromatic N) is 2. The lowest BCUT2D eigenvalue weighted by Gasteiger charge is -2.44. The molecule has 156 valence electrons. The van der Waals surface area contributed by atoms with Crippen molar-refractivity contribution in [3.63, 3.8) is 0 Å². The van der Waals surface area contributed by atoms with Crippen LogP contribution in [0.5, 0.6) is 0 Å². The molecule has 0 amide bonds. The molecule has 1 aliphatic rings. The van der Waals surface area contributed by atoms with Crippen molar-refractivity contribution in [1.82, 2.24) is 9.80 Å². The van der Waals surface area contributed by atoms with Crippen molar-refractivity contribution in [2.75, 3.05) is 13.1 Å². The lowest BCUT2D eigenvalue weighted by atomic mass is 10.0. The van der Waals surface area contributed by atoms with E-state index in [1.54, 1.807) is 12.1 Å². The van der Waals surface area contributed by atoms with E-state index in [0.717, 1.165) is 55.2 Å². The second-order valence-electron chi connectivity index (χ2n) is 7.98. The van der Waals surface area contributed by atoms with Gasteiger partial charge < -0.3 is 0 Å². The third-order valence-corrected chi connectivity index (χ3v) is 6.27. The number of aryl methyl sites for hydroxylation is 1. The van der Waals surface area contributed by atoms with E-state index in [2.05, 4.69) is 47.1 Å². The van der Waals surface area contributed by atoms with Gasteiger partial charge >= 0.3 is 0 Å². The van der Waals surface area contributed by atoms with E-state index < -0.39 is 0 Å². The Kier molecular flexibility index (Phi) is 6.83. The zero-order valence-electron chi connectivity index (χ0n) is 17.4. The first-order valence-electron chi connectivity index (χ1n) is 10.7. The molecule has 4 heteroatoms. The third kappa shape index (κ3) is 4.92. The Bertz CT molecular complexity index is 956. The van der Waals surface area contributed by atoms with E-state index in [1.165, 1.54) is 11.1 Å². The molecule has 1 atom stereocenters. The van der Waals surface area contributed by atoms with Crippen LogP contribution in [-0.2, 0) is 19.5 Å². The molecule has 1 aliphatic heterocycles. The standard InChI is InChI=1S/C26H28ClFN2/c1-2-20-8-12-22(13-9-20)26-29(18-21-10-14-24(28)15-11-21)16-5-17-30(26)19-23-6-3-4-7-25(23)27/h3-4,6-15,26H,2,5,16-19H2,1H3/t26-/m1/s1. The predicted octanol–water partition coefficient (Wildman–Crippen LogP) is 6.45. The van der Waals surface area contributed by atoms with E-state index in [9.17, 15) is 4.39 Å². The maximum atomic E-state index is 13.4. The Hall–Kier alpha value is -2.20. The molecule has 1 saturated heterocycles. The maximum Gasteiger partial charge on any atom is 0.123 e. The van der Waals surface area contributed by atoms with Gasteiger partial charge in [-0.2, -0.15) is 0 Å². The Balaban J connectivity index is 1.64. The molecule has 30 heavy (non-hydrogen) atoms. The lowest BCUT2D eigenvalue weighted by molar-refractivity contribution is -0.00908. The number of benzene rings is 3. The highest BCUT2D eigenvalue weighted by molar-refractivity contribution is 6.31. The summed E-state index contributed by atoms with van der Waals surface area (Å²) in [7, 11) is 0. The molecule has 0 N–H and O–H groups in total. The van der Waals surface area contributed by atoms with Crippen molar-refractivity contribution in [3.8, 4) is 0 Å². The van der Waals surface area contributed by atoms with Crippen LogP contribution in [0, 0.1) is 5.82 Å². The summed E-state index contributed by atoms with van der Waals surface area (Å²) in [5, 5.41) is 0.813. The number of hydrogen-bond acceptors (Lipinski definition) is 2. The van der Waals surface area contributed by atoms with Gasteiger partial charge in [0.25, 0.3) is 0 Å². The van der Waals surface area contributed by atoms with Gasteiger partial charge in [-0.25, -0.2) is 4.39 Å². The van der Waals surface area contributed by atoms with Gasteiger partial charge in [0, 0.05) is 31.2 Å². The summed E-state index contributed by atoms with van der Waals surface area (Å²) in [5.41, 5.74) is 4.92. The van der Waals surface area contributed by atoms with E-state index in [0.29, 0.717) is 0 Å². The smallest absolute Gasteiger partial charge is 0.123 e. The van der Waals surface area contributed by atoms with Crippen LogP contribution in [0.15, 0.2) is 72.8 Å². The average molecular weight is 423 g/mol. The van der Waals surface area contributed by atoms with Crippen LogP contribution in [-0.4, -0.2) is 22.9 Å². The summed E-state index contributed by atoms with van der Waals surface area (Å²) in [6, 6.07) is 23.9. The molecule has 3 aromatic rings. The molecule has 0 aromatic heterocycles. The Labute approximate surface area is 183 Å². The molecule has 0 aliphatic carbocycles. The van der Waals surface area contributed by atoms with E-state index in [-0.39, 0.29) is 12.0 Å². The first-order valence-corrected chi connectivity index (χ1v) is 11.1. The van der Waals surface area contributed by atoms with Gasteiger partial charge in [0.2, 0.25) is 0 Å². The van der Waals surface area contributed by atoms with Crippen molar-refractivity contribution in [2.45, 2.75) is 39.0 Å². The highest BCUT2D eigenvalue weighted by Gasteiger charge is 2.31. The monoisotopic (exact) mass is 422 g/mol. The molecule has 0 unspecified atom stereocenters. The van der Waals surface area contributed by atoms with Crippen LogP contribution in [0.1, 0.15) is 41.8 Å². The minimum absolute atomic E-state index is 0.158. The molecule has 1 heterocycles. The first-order chi connectivity index (χ1) is 14.6. The number of halogens is 2. The fourth-order valence-electron chi connectivity index (χ4n) is 4.30. The molecule has 3 aromatic carbocycles. The van der Waals surface area contributed by atoms with Crippen molar-refractivity contribution in [3.05, 3.63) is 106 Å². The van der Waals surface area contributed by atoms with E-state index in [4.69, 9.17) is 11.6 Å². The van der Waals surface area contributed by atoms with Crippen molar-refractivity contribution in [1.29, 1.82) is 0 Å². The summed E-state index contributed by atoms with van der Waals surface area (Å²) >= 11 is 6.48. The minimum atomic E-state index is -0.190. The zero-order valence-corrected chi connectivity index (χ0v) is 18.2. The highest BCUT2D eigenvalue weighted by Crippen LogP contribution is 2.33. The van der Waals surface area contributed by atoms with Gasteiger partial charge in [-0.1, -0.05) is 73.1 Å². The first kappa shape index (κ1) is 21.0. The van der Waals surface area contributed by atoms with Gasteiger partial charge in [-0.05, 0) is 53.3 Å². The normalized spacial score (nSPS) is 17.9. The summed E-state index contributed by atoms with van der Waals surface area (Å²) in [5.74, 6) is -0.190. The van der Waals surface area contributed by atoms with Crippen LogP contribution in [0.25, 0.3) is 0 Å². The van der Waals surface area contributed by atoms with Crippen molar-refractivity contribution >= 4 is 11.6 Å². The minimum Gasteiger partial charge on any atom is -0.280 e. The second kappa shape index (κ2) is 9.74. The second-order valence-corrected chi connectivity index (χ2v) is 8.39. The van der Waals surface area contributed by atoms with Crippen molar-refractivity contribution in [2.24, 2.45) is 0 Å². The average Bonchev–Trinajstić information content (AvgIpc) is 2.77. The maximum absolute atomic E-state index is 13.4. The molecular weight excluding hydrogens is 395 g/mol. The molecule has 0 spiro atoms. The Morgan fingerprint density at radius 1 is 0.833 bits per heavy atom. The van der Waals surface area contributed by atoms with Crippen LogP contribution < -0.4 is 0 Å². The molecule has 0 bridgehead atoms.